The highest BCUT2D eigenvalue weighted by atomic mass is 79.9. The molecule has 0 N–H and O–H groups in total. The molecule has 54 valence electrons. The minimum absolute atomic E-state index is 0.860. The van der Waals surface area contributed by atoms with Gasteiger partial charge >= 0.3 is 0 Å². The Kier molecular flexibility index (Phi) is 2.86. The van der Waals surface area contributed by atoms with Gasteiger partial charge in [0.05, 0.1) is 5.69 Å². The number of rotatable bonds is 1. The van der Waals surface area contributed by atoms with Gasteiger partial charge in [0, 0.05) is 16.0 Å². The Labute approximate surface area is 77.1 Å². The summed E-state index contributed by atoms with van der Waals surface area (Å²) < 4.78 is 1.07. The summed E-state index contributed by atoms with van der Waals surface area (Å²) in [7, 11) is 0. The van der Waals surface area contributed by atoms with Crippen molar-refractivity contribution in [3.63, 3.8) is 0 Å². The van der Waals surface area contributed by atoms with Crippen molar-refractivity contribution in [3.8, 4) is 0 Å². The van der Waals surface area contributed by atoms with Crippen LogP contribution in [0, 0.1) is 6.92 Å². The topological polar surface area (TPSA) is 12.9 Å². The van der Waals surface area contributed by atoms with Crippen molar-refractivity contribution in [2.45, 2.75) is 12.3 Å². The average molecular weight is 265 g/mol. The van der Waals surface area contributed by atoms with Gasteiger partial charge in [0.15, 0.2) is 0 Å². The van der Waals surface area contributed by atoms with Gasteiger partial charge in [-0.05, 0) is 34.5 Å². The first kappa shape index (κ1) is 8.21. The maximum absolute atomic E-state index is 4.17. The largest absolute Gasteiger partial charge is 0.260 e. The van der Waals surface area contributed by atoms with Crippen LogP contribution in [0.25, 0.3) is 0 Å². The Balaban J connectivity index is 3.04. The van der Waals surface area contributed by atoms with Gasteiger partial charge in [0.25, 0.3) is 0 Å². The second kappa shape index (κ2) is 3.49. The van der Waals surface area contributed by atoms with E-state index in [9.17, 15) is 0 Å². The Bertz CT molecular complexity index is 235. The number of aryl methyl sites for hydroxylation is 1. The van der Waals surface area contributed by atoms with Crippen LogP contribution in [-0.2, 0) is 5.33 Å². The number of hydrogen-bond donors (Lipinski definition) is 0. The van der Waals surface area contributed by atoms with Crippen molar-refractivity contribution in [3.05, 3.63) is 28.0 Å². The quantitative estimate of drug-likeness (QED) is 0.711. The zero-order chi connectivity index (χ0) is 7.56. The Morgan fingerprint density at radius 1 is 1.60 bits per heavy atom. The van der Waals surface area contributed by atoms with Gasteiger partial charge in [0.1, 0.15) is 0 Å². The lowest BCUT2D eigenvalue weighted by atomic mass is 10.3. The first-order valence-electron chi connectivity index (χ1n) is 2.91. The van der Waals surface area contributed by atoms with E-state index in [2.05, 4.69) is 42.9 Å². The highest BCUT2D eigenvalue weighted by Gasteiger charge is 1.95. The fourth-order valence-corrected chi connectivity index (χ4v) is 1.32. The van der Waals surface area contributed by atoms with Gasteiger partial charge in [0.2, 0.25) is 0 Å². The molecule has 0 spiro atoms. The lowest BCUT2D eigenvalue weighted by molar-refractivity contribution is 1.15. The molecule has 1 rings (SSSR count). The lowest BCUT2D eigenvalue weighted by Gasteiger charge is -1.98. The van der Waals surface area contributed by atoms with Crippen molar-refractivity contribution in [2.24, 2.45) is 0 Å². The third kappa shape index (κ3) is 1.80. The third-order valence-electron chi connectivity index (χ3n) is 1.24. The Morgan fingerprint density at radius 3 is 2.80 bits per heavy atom. The van der Waals surface area contributed by atoms with E-state index in [1.807, 2.05) is 13.1 Å². The molecule has 1 aromatic heterocycles. The molecule has 1 nitrogen and oxygen atoms in total. The van der Waals surface area contributed by atoms with Gasteiger partial charge in [-0.25, -0.2) is 0 Å². The summed E-state index contributed by atoms with van der Waals surface area (Å²) in [6.45, 7) is 1.97. The van der Waals surface area contributed by atoms with Gasteiger partial charge in [-0.1, -0.05) is 15.9 Å². The number of aromatic nitrogens is 1. The number of hydrogen-bond acceptors (Lipinski definition) is 1. The van der Waals surface area contributed by atoms with Gasteiger partial charge < -0.3 is 0 Å². The van der Waals surface area contributed by atoms with E-state index in [-0.39, 0.29) is 0 Å². The van der Waals surface area contributed by atoms with Crippen molar-refractivity contribution in [1.29, 1.82) is 0 Å². The van der Waals surface area contributed by atoms with E-state index in [0.29, 0.717) is 0 Å². The van der Waals surface area contributed by atoms with Crippen molar-refractivity contribution in [2.75, 3.05) is 0 Å². The van der Waals surface area contributed by atoms with Gasteiger partial charge in [-0.2, -0.15) is 0 Å². The molecule has 1 heterocycles. The van der Waals surface area contributed by atoms with Crippen LogP contribution >= 0.6 is 31.9 Å². The molecule has 0 aliphatic carbocycles. The number of pyridine rings is 1. The van der Waals surface area contributed by atoms with Crippen LogP contribution in [0.15, 0.2) is 16.7 Å². The molecule has 0 fully saturated rings. The van der Waals surface area contributed by atoms with Gasteiger partial charge in [-0.15, -0.1) is 0 Å². The second-order valence-corrected chi connectivity index (χ2v) is 3.46. The lowest BCUT2D eigenvalue weighted by Crippen LogP contribution is -1.85. The van der Waals surface area contributed by atoms with Crippen LogP contribution in [-0.4, -0.2) is 4.98 Å². The molecule has 0 amide bonds. The first-order chi connectivity index (χ1) is 4.74. The standard InChI is InChI=1S/C7H7Br2N/c1-5-7(9)2-6(3-8)4-10-5/h2,4H,3H2,1H3. The van der Waals surface area contributed by atoms with Crippen LogP contribution in [0.4, 0.5) is 0 Å². The fourth-order valence-electron chi connectivity index (χ4n) is 0.619. The summed E-state index contributed by atoms with van der Waals surface area (Å²) >= 11 is 6.76. The molecule has 0 bridgehead atoms. The summed E-state index contributed by atoms with van der Waals surface area (Å²) in [6.07, 6.45) is 1.87. The molecule has 0 unspecified atom stereocenters. The molecular formula is C7H7Br2N. The molecule has 3 heteroatoms. The normalized spacial score (nSPS) is 9.90. The fraction of sp³-hybridized carbons (Fsp3) is 0.286. The average Bonchev–Trinajstić information content (AvgIpc) is 1.95. The number of alkyl halides is 1. The first-order valence-corrected chi connectivity index (χ1v) is 4.82. The summed E-state index contributed by atoms with van der Waals surface area (Å²) in [5.74, 6) is 0. The molecule has 0 aromatic carbocycles. The SMILES string of the molecule is Cc1ncc(CBr)cc1Br. The molecule has 0 aliphatic rings. The van der Waals surface area contributed by atoms with Crippen molar-refractivity contribution < 1.29 is 0 Å². The monoisotopic (exact) mass is 263 g/mol. The molecule has 0 atom stereocenters. The maximum atomic E-state index is 4.17. The van der Waals surface area contributed by atoms with E-state index in [4.69, 9.17) is 0 Å². The molecule has 0 aliphatic heterocycles. The molecular weight excluding hydrogens is 258 g/mol. The smallest absolute Gasteiger partial charge is 0.0514 e. The van der Waals surface area contributed by atoms with Gasteiger partial charge in [-0.3, -0.25) is 4.98 Å². The van der Waals surface area contributed by atoms with Crippen LogP contribution in [0.5, 0.6) is 0 Å². The summed E-state index contributed by atoms with van der Waals surface area (Å²) in [4.78, 5) is 4.17. The second-order valence-electron chi connectivity index (χ2n) is 2.04. The predicted molar refractivity (Wildman–Crippen MR) is 49.3 cm³/mol. The minimum atomic E-state index is 0.860. The van der Waals surface area contributed by atoms with E-state index >= 15 is 0 Å². The predicted octanol–water partition coefficient (Wildman–Crippen LogP) is 3.05. The van der Waals surface area contributed by atoms with Crippen LogP contribution in [0.3, 0.4) is 0 Å². The van der Waals surface area contributed by atoms with Crippen molar-refractivity contribution >= 4 is 31.9 Å². The van der Waals surface area contributed by atoms with Crippen LogP contribution in [0.1, 0.15) is 11.3 Å². The van der Waals surface area contributed by atoms with Crippen molar-refractivity contribution in [1.82, 2.24) is 4.98 Å². The van der Waals surface area contributed by atoms with E-state index < -0.39 is 0 Å². The highest BCUT2D eigenvalue weighted by molar-refractivity contribution is 9.10. The zero-order valence-corrected chi connectivity index (χ0v) is 8.74. The van der Waals surface area contributed by atoms with E-state index in [1.54, 1.807) is 0 Å². The zero-order valence-electron chi connectivity index (χ0n) is 5.56. The Morgan fingerprint density at radius 2 is 2.30 bits per heavy atom. The third-order valence-corrected chi connectivity index (χ3v) is 2.69. The number of halogens is 2. The molecule has 0 saturated carbocycles. The molecule has 10 heavy (non-hydrogen) atoms. The molecule has 0 saturated heterocycles. The summed E-state index contributed by atoms with van der Waals surface area (Å²) in [5.41, 5.74) is 2.22. The summed E-state index contributed by atoms with van der Waals surface area (Å²) in [5, 5.41) is 0.860. The highest BCUT2D eigenvalue weighted by Crippen LogP contribution is 2.16. The van der Waals surface area contributed by atoms with E-state index in [1.165, 1.54) is 5.56 Å². The molecule has 1 aromatic rings. The Hall–Kier alpha value is 0.110. The van der Waals surface area contributed by atoms with Crippen LogP contribution in [0.2, 0.25) is 0 Å². The van der Waals surface area contributed by atoms with Crippen LogP contribution < -0.4 is 0 Å². The molecule has 0 radical (unpaired) electrons. The number of nitrogens with zero attached hydrogens (tertiary/aromatic N) is 1. The minimum Gasteiger partial charge on any atom is -0.260 e. The van der Waals surface area contributed by atoms with E-state index in [0.717, 1.165) is 15.5 Å². The summed E-state index contributed by atoms with van der Waals surface area (Å²) in [6, 6.07) is 2.07. The maximum Gasteiger partial charge on any atom is 0.0514 e.